The highest BCUT2D eigenvalue weighted by Gasteiger charge is 2.31. The lowest BCUT2D eigenvalue weighted by molar-refractivity contribution is -0.386. The maximum absolute atomic E-state index is 13.1. The van der Waals surface area contributed by atoms with E-state index in [9.17, 15) is 18.5 Å². The van der Waals surface area contributed by atoms with Crippen LogP contribution in [-0.4, -0.2) is 69.0 Å². The van der Waals surface area contributed by atoms with E-state index in [1.165, 1.54) is 23.5 Å². The molecule has 2 aliphatic heterocycles. The summed E-state index contributed by atoms with van der Waals surface area (Å²) in [6, 6.07) is 7.42. The standard InChI is InChI=1S/C21H24ClN3O7S/c1-30-19-4-3-16(13-18(19)25(26)27)33(28,29)24-7-5-23(6-8-24)14-15-11-17(22)21-20(12-15)31-9-2-10-32-21/h3-4,11-13H,2,5-10,14H2,1H3. The van der Waals surface area contributed by atoms with Gasteiger partial charge in [0.2, 0.25) is 10.0 Å². The molecule has 178 valence electrons. The Morgan fingerprint density at radius 2 is 1.85 bits per heavy atom. The van der Waals surface area contributed by atoms with Gasteiger partial charge in [0.25, 0.3) is 0 Å². The number of halogens is 1. The van der Waals surface area contributed by atoms with Crippen molar-refractivity contribution in [1.29, 1.82) is 0 Å². The number of nitro benzene ring substituents is 1. The number of nitrogens with zero attached hydrogens (tertiary/aromatic N) is 3. The van der Waals surface area contributed by atoms with Crippen LogP contribution in [0.2, 0.25) is 5.02 Å². The highest BCUT2D eigenvalue weighted by atomic mass is 35.5. The van der Waals surface area contributed by atoms with Crippen molar-refractivity contribution in [3.05, 3.63) is 51.0 Å². The molecule has 2 aliphatic rings. The van der Waals surface area contributed by atoms with Crippen molar-refractivity contribution in [2.75, 3.05) is 46.5 Å². The van der Waals surface area contributed by atoms with Crippen molar-refractivity contribution in [1.82, 2.24) is 9.21 Å². The molecule has 2 aromatic carbocycles. The molecule has 2 heterocycles. The van der Waals surface area contributed by atoms with Crippen LogP contribution < -0.4 is 14.2 Å². The van der Waals surface area contributed by atoms with Crippen molar-refractivity contribution in [2.24, 2.45) is 0 Å². The lowest BCUT2D eigenvalue weighted by atomic mass is 10.1. The third kappa shape index (κ3) is 5.01. The first-order chi connectivity index (χ1) is 15.8. The highest BCUT2D eigenvalue weighted by Crippen LogP contribution is 2.38. The molecule has 4 rings (SSSR count). The molecular formula is C21H24ClN3O7S. The van der Waals surface area contributed by atoms with Crippen LogP contribution in [0.5, 0.6) is 17.2 Å². The fourth-order valence-corrected chi connectivity index (χ4v) is 5.61. The van der Waals surface area contributed by atoms with Crippen LogP contribution >= 0.6 is 11.6 Å². The molecule has 0 atom stereocenters. The number of sulfonamides is 1. The van der Waals surface area contributed by atoms with Gasteiger partial charge in [0.05, 0.1) is 35.2 Å². The molecule has 1 fully saturated rings. The van der Waals surface area contributed by atoms with E-state index in [2.05, 4.69) is 4.90 Å². The number of piperazine rings is 1. The van der Waals surface area contributed by atoms with Crippen LogP contribution in [0.15, 0.2) is 35.2 Å². The first kappa shape index (κ1) is 23.6. The van der Waals surface area contributed by atoms with E-state index < -0.39 is 14.9 Å². The molecule has 0 bridgehead atoms. The fourth-order valence-electron chi connectivity index (χ4n) is 3.88. The van der Waals surface area contributed by atoms with Gasteiger partial charge in [-0.05, 0) is 29.8 Å². The Bertz CT molecular complexity index is 1150. The van der Waals surface area contributed by atoms with Gasteiger partial charge in [-0.15, -0.1) is 0 Å². The smallest absolute Gasteiger partial charge is 0.312 e. The largest absolute Gasteiger partial charge is 0.490 e. The number of hydrogen-bond acceptors (Lipinski definition) is 8. The number of rotatable bonds is 6. The summed E-state index contributed by atoms with van der Waals surface area (Å²) in [4.78, 5) is 12.6. The maximum Gasteiger partial charge on any atom is 0.312 e. The number of ether oxygens (including phenoxy) is 3. The Balaban J connectivity index is 1.44. The zero-order valence-corrected chi connectivity index (χ0v) is 19.6. The normalized spacial score (nSPS) is 17.4. The summed E-state index contributed by atoms with van der Waals surface area (Å²) in [5, 5.41) is 11.8. The summed E-state index contributed by atoms with van der Waals surface area (Å²) in [5.74, 6) is 1.19. The molecule has 10 nitrogen and oxygen atoms in total. The van der Waals surface area contributed by atoms with Gasteiger partial charge in [-0.25, -0.2) is 8.42 Å². The summed E-state index contributed by atoms with van der Waals surface area (Å²) in [5.41, 5.74) is 0.565. The van der Waals surface area contributed by atoms with E-state index in [-0.39, 0.29) is 29.4 Å². The number of benzene rings is 2. The topological polar surface area (TPSA) is 111 Å². The minimum absolute atomic E-state index is 0.0116. The number of hydrogen-bond donors (Lipinski definition) is 0. The highest BCUT2D eigenvalue weighted by molar-refractivity contribution is 7.89. The lowest BCUT2D eigenvalue weighted by Gasteiger charge is -2.34. The molecule has 0 saturated carbocycles. The Kier molecular flexibility index (Phi) is 6.94. The van der Waals surface area contributed by atoms with Gasteiger partial charge in [-0.3, -0.25) is 15.0 Å². The summed E-state index contributed by atoms with van der Waals surface area (Å²) in [7, 11) is -2.58. The van der Waals surface area contributed by atoms with Crippen molar-refractivity contribution in [3.63, 3.8) is 0 Å². The molecule has 33 heavy (non-hydrogen) atoms. The van der Waals surface area contributed by atoms with Crippen molar-refractivity contribution in [3.8, 4) is 17.2 Å². The number of fused-ring (bicyclic) bond motifs is 1. The van der Waals surface area contributed by atoms with E-state index >= 15 is 0 Å². The summed E-state index contributed by atoms with van der Waals surface area (Å²) < 4.78 is 43.8. The maximum atomic E-state index is 13.1. The van der Waals surface area contributed by atoms with Gasteiger partial charge in [0.1, 0.15) is 0 Å². The second kappa shape index (κ2) is 9.72. The molecule has 12 heteroatoms. The molecule has 0 aromatic heterocycles. The zero-order valence-electron chi connectivity index (χ0n) is 18.0. The van der Waals surface area contributed by atoms with E-state index in [4.69, 9.17) is 25.8 Å². The van der Waals surface area contributed by atoms with E-state index in [1.54, 1.807) is 0 Å². The third-order valence-electron chi connectivity index (χ3n) is 5.58. The van der Waals surface area contributed by atoms with Crippen LogP contribution in [0.25, 0.3) is 0 Å². The lowest BCUT2D eigenvalue weighted by Crippen LogP contribution is -2.48. The van der Waals surface area contributed by atoms with Gasteiger partial charge in [-0.2, -0.15) is 4.31 Å². The van der Waals surface area contributed by atoms with Gasteiger partial charge >= 0.3 is 5.69 Å². The average molecular weight is 498 g/mol. The average Bonchev–Trinajstić information content (AvgIpc) is 3.05. The van der Waals surface area contributed by atoms with Crippen LogP contribution in [0.1, 0.15) is 12.0 Å². The predicted molar refractivity (Wildman–Crippen MR) is 121 cm³/mol. The second-order valence-electron chi connectivity index (χ2n) is 7.73. The van der Waals surface area contributed by atoms with Crippen LogP contribution in [0, 0.1) is 10.1 Å². The monoisotopic (exact) mass is 497 g/mol. The molecule has 0 radical (unpaired) electrons. The van der Waals surface area contributed by atoms with Gasteiger partial charge < -0.3 is 14.2 Å². The van der Waals surface area contributed by atoms with Gasteiger partial charge in [0.15, 0.2) is 17.2 Å². The minimum atomic E-state index is -3.87. The fraction of sp³-hybridized carbons (Fsp3) is 0.429. The third-order valence-corrected chi connectivity index (χ3v) is 7.76. The number of nitro groups is 1. The number of methoxy groups -OCH3 is 1. The Morgan fingerprint density at radius 1 is 1.12 bits per heavy atom. The first-order valence-corrected chi connectivity index (χ1v) is 12.2. The molecule has 0 aliphatic carbocycles. The van der Waals surface area contributed by atoms with Crippen molar-refractivity contribution < 1.29 is 27.6 Å². The van der Waals surface area contributed by atoms with E-state index in [0.717, 1.165) is 18.1 Å². The molecule has 0 unspecified atom stereocenters. The molecule has 0 N–H and O–H groups in total. The van der Waals surface area contributed by atoms with E-state index in [0.29, 0.717) is 49.4 Å². The first-order valence-electron chi connectivity index (χ1n) is 10.4. The predicted octanol–water partition coefficient (Wildman–Crippen LogP) is 2.92. The SMILES string of the molecule is COc1ccc(S(=O)(=O)N2CCN(Cc3cc(Cl)c4c(c3)OCCCO4)CC2)cc1[N+](=O)[O-]. The summed E-state index contributed by atoms with van der Waals surface area (Å²) in [6.07, 6.45) is 0.786. The minimum Gasteiger partial charge on any atom is -0.490 e. The van der Waals surface area contributed by atoms with Crippen molar-refractivity contribution in [2.45, 2.75) is 17.9 Å². The van der Waals surface area contributed by atoms with E-state index in [1.807, 2.05) is 12.1 Å². The molecule has 0 spiro atoms. The Labute approximate surface area is 196 Å². The van der Waals surface area contributed by atoms with Gasteiger partial charge in [-0.1, -0.05) is 11.6 Å². The van der Waals surface area contributed by atoms with Crippen LogP contribution in [-0.2, 0) is 16.6 Å². The molecule has 0 amide bonds. The Hall–Kier alpha value is -2.60. The Morgan fingerprint density at radius 3 is 2.55 bits per heavy atom. The zero-order chi connectivity index (χ0) is 23.6. The summed E-state index contributed by atoms with van der Waals surface area (Å²) in [6.45, 7) is 3.24. The van der Waals surface area contributed by atoms with Crippen LogP contribution in [0.3, 0.4) is 0 Å². The second-order valence-corrected chi connectivity index (χ2v) is 10.1. The molecule has 1 saturated heterocycles. The van der Waals surface area contributed by atoms with Crippen LogP contribution in [0.4, 0.5) is 5.69 Å². The summed E-state index contributed by atoms with van der Waals surface area (Å²) >= 11 is 6.38. The van der Waals surface area contributed by atoms with Crippen molar-refractivity contribution >= 4 is 27.3 Å². The van der Waals surface area contributed by atoms with Gasteiger partial charge in [0, 0.05) is 45.2 Å². The molecule has 2 aromatic rings. The molecular weight excluding hydrogens is 474 g/mol. The quantitative estimate of drug-likeness (QED) is 0.442.